The number of carbonyl (C=O) groups is 2. The van der Waals surface area contributed by atoms with E-state index in [0.29, 0.717) is 12.8 Å². The van der Waals surface area contributed by atoms with Gasteiger partial charge in [0, 0.05) is 12.8 Å². The Labute approximate surface area is 85.4 Å². The Morgan fingerprint density at radius 1 is 0.923 bits per heavy atom. The van der Waals surface area contributed by atoms with E-state index < -0.39 is 11.9 Å². The molecule has 80 valence electrons. The first-order chi connectivity index (χ1) is 5.54. The van der Waals surface area contributed by atoms with E-state index in [-0.39, 0.29) is 13.5 Å². The molecule has 0 saturated carbocycles. The summed E-state index contributed by atoms with van der Waals surface area (Å²) in [4.78, 5) is 19.2. The van der Waals surface area contributed by atoms with Gasteiger partial charge in [0.15, 0.2) is 0 Å². The van der Waals surface area contributed by atoms with Gasteiger partial charge in [-0.3, -0.25) is 9.59 Å². The first kappa shape index (κ1) is 18.2. The van der Waals surface area contributed by atoms with Gasteiger partial charge in [-0.15, -0.1) is 0 Å². The molecule has 0 heterocycles. The second kappa shape index (κ2) is 13.9. The maximum Gasteiger partial charge on any atom is 0.303 e. The molecule has 0 aliphatic rings. The molecule has 0 atom stereocenters. The van der Waals surface area contributed by atoms with Crippen LogP contribution in [0.4, 0.5) is 0 Å². The highest BCUT2D eigenvalue weighted by Gasteiger charge is 1.88. The van der Waals surface area contributed by atoms with Gasteiger partial charge in [-0.25, -0.2) is 0 Å². The number of carboxylic acid groups (broad SMARTS) is 2. The summed E-state index contributed by atoms with van der Waals surface area (Å²) in [6.45, 7) is 3.68. The van der Waals surface area contributed by atoms with Gasteiger partial charge < -0.3 is 10.2 Å². The minimum absolute atomic E-state index is 0. The van der Waals surface area contributed by atoms with Crippen LogP contribution >= 0.6 is 13.5 Å². The fourth-order valence-electron chi connectivity index (χ4n) is 0.428. The highest BCUT2D eigenvalue weighted by atomic mass is 32.1. The molecule has 13 heavy (non-hydrogen) atoms. The Morgan fingerprint density at radius 2 is 1.15 bits per heavy atom. The van der Waals surface area contributed by atoms with Crippen molar-refractivity contribution < 1.29 is 19.8 Å². The lowest BCUT2D eigenvalue weighted by atomic mass is 10.4. The molecule has 5 heteroatoms. The van der Waals surface area contributed by atoms with Crippen LogP contribution in [0, 0.1) is 0 Å². The van der Waals surface area contributed by atoms with Crippen LogP contribution in [-0.4, -0.2) is 22.2 Å². The quantitative estimate of drug-likeness (QED) is 0.742. The van der Waals surface area contributed by atoms with Gasteiger partial charge in [0.25, 0.3) is 0 Å². The predicted molar refractivity (Wildman–Crippen MR) is 55.5 cm³/mol. The zero-order valence-corrected chi connectivity index (χ0v) is 9.04. The van der Waals surface area contributed by atoms with Crippen molar-refractivity contribution in [1.82, 2.24) is 0 Å². The third-order valence-corrected chi connectivity index (χ3v) is 0.928. The fourth-order valence-corrected chi connectivity index (χ4v) is 0.428. The van der Waals surface area contributed by atoms with E-state index in [9.17, 15) is 9.59 Å². The Kier molecular flexibility index (Phi) is 19.3. The van der Waals surface area contributed by atoms with Crippen LogP contribution < -0.4 is 0 Å². The normalized spacial score (nSPS) is 7.54. The van der Waals surface area contributed by atoms with Crippen molar-refractivity contribution in [3.8, 4) is 0 Å². The van der Waals surface area contributed by atoms with Crippen LogP contribution in [-0.2, 0) is 9.59 Å². The topological polar surface area (TPSA) is 74.6 Å². The summed E-state index contributed by atoms with van der Waals surface area (Å²) in [5, 5.41) is 15.8. The molecule has 0 saturated heterocycles. The van der Waals surface area contributed by atoms with Crippen molar-refractivity contribution in [2.24, 2.45) is 0 Å². The summed E-state index contributed by atoms with van der Waals surface area (Å²) in [6.07, 6.45) is 2.05. The second-order valence-electron chi connectivity index (χ2n) is 2.29. The summed E-state index contributed by atoms with van der Waals surface area (Å²) in [5.41, 5.74) is 0. The number of aliphatic carboxylic acids is 2. The van der Waals surface area contributed by atoms with Crippen LogP contribution in [0.2, 0.25) is 0 Å². The molecule has 0 amide bonds. The maximum atomic E-state index is 9.60. The molecule has 0 radical (unpaired) electrons. The summed E-state index contributed by atoms with van der Waals surface area (Å²) in [7, 11) is 0. The molecule has 0 rings (SSSR count). The lowest BCUT2D eigenvalue weighted by Gasteiger charge is -1.79. The summed E-state index contributed by atoms with van der Waals surface area (Å²) in [5.74, 6) is -1.42. The smallest absolute Gasteiger partial charge is 0.303 e. The van der Waals surface area contributed by atoms with Gasteiger partial charge in [-0.2, -0.15) is 13.5 Å². The third-order valence-electron chi connectivity index (χ3n) is 0.928. The van der Waals surface area contributed by atoms with E-state index in [1.54, 1.807) is 0 Å². The Bertz CT molecular complexity index is 120. The van der Waals surface area contributed by atoms with E-state index in [2.05, 4.69) is 0 Å². The predicted octanol–water partition coefficient (Wildman–Crippen LogP) is 1.85. The standard InChI is InChI=1S/2C4H8O2.H2S/c2*1-2-3-4(5)6;/h2*2-3H2,1H3,(H,5,6);1H2. The molecule has 2 N–H and O–H groups in total. The third kappa shape index (κ3) is 34.8. The molecule has 4 nitrogen and oxygen atoms in total. The molecule has 0 fully saturated rings. The molecular formula is C8H18O4S. The lowest BCUT2D eigenvalue weighted by molar-refractivity contribution is -0.138. The monoisotopic (exact) mass is 210 g/mol. The Hall–Kier alpha value is -0.710. The molecule has 0 spiro atoms. The molecule has 0 aromatic carbocycles. The van der Waals surface area contributed by atoms with Crippen molar-refractivity contribution in [1.29, 1.82) is 0 Å². The Balaban J connectivity index is -0.000000143. The second-order valence-corrected chi connectivity index (χ2v) is 2.29. The van der Waals surface area contributed by atoms with Gasteiger partial charge in [0.1, 0.15) is 0 Å². The van der Waals surface area contributed by atoms with Crippen molar-refractivity contribution in [2.45, 2.75) is 39.5 Å². The van der Waals surface area contributed by atoms with E-state index >= 15 is 0 Å². The van der Waals surface area contributed by atoms with Crippen LogP contribution in [0.3, 0.4) is 0 Å². The average molecular weight is 210 g/mol. The van der Waals surface area contributed by atoms with Gasteiger partial charge >= 0.3 is 11.9 Å². The van der Waals surface area contributed by atoms with Crippen molar-refractivity contribution in [3.63, 3.8) is 0 Å². The van der Waals surface area contributed by atoms with Gasteiger partial charge in [-0.1, -0.05) is 13.8 Å². The van der Waals surface area contributed by atoms with E-state index in [1.165, 1.54) is 0 Å². The fraction of sp³-hybridized carbons (Fsp3) is 0.750. The summed E-state index contributed by atoms with van der Waals surface area (Å²) in [6, 6.07) is 0. The van der Waals surface area contributed by atoms with E-state index in [4.69, 9.17) is 10.2 Å². The van der Waals surface area contributed by atoms with Gasteiger partial charge in [-0.05, 0) is 12.8 Å². The number of hydrogen-bond acceptors (Lipinski definition) is 2. The van der Waals surface area contributed by atoms with Crippen molar-refractivity contribution in [3.05, 3.63) is 0 Å². The van der Waals surface area contributed by atoms with Crippen LogP contribution in [0.5, 0.6) is 0 Å². The molecule has 0 aliphatic heterocycles. The van der Waals surface area contributed by atoms with Crippen molar-refractivity contribution in [2.75, 3.05) is 0 Å². The first-order valence-corrected chi connectivity index (χ1v) is 3.98. The van der Waals surface area contributed by atoms with E-state index in [1.807, 2.05) is 13.8 Å². The molecule has 0 aliphatic carbocycles. The highest BCUT2D eigenvalue weighted by Crippen LogP contribution is 1.82. The average Bonchev–Trinajstić information content (AvgIpc) is 1.87. The molecule has 0 aromatic heterocycles. The number of carboxylic acids is 2. The minimum atomic E-state index is -0.711. The molecule has 0 bridgehead atoms. The number of hydrogen-bond donors (Lipinski definition) is 2. The lowest BCUT2D eigenvalue weighted by Crippen LogP contribution is -1.90. The van der Waals surface area contributed by atoms with Crippen LogP contribution in [0.1, 0.15) is 39.5 Å². The molecular weight excluding hydrogens is 192 g/mol. The Morgan fingerprint density at radius 3 is 1.15 bits per heavy atom. The van der Waals surface area contributed by atoms with Gasteiger partial charge in [0.2, 0.25) is 0 Å². The van der Waals surface area contributed by atoms with Crippen LogP contribution in [0.25, 0.3) is 0 Å². The maximum absolute atomic E-state index is 9.60. The first-order valence-electron chi connectivity index (χ1n) is 3.98. The van der Waals surface area contributed by atoms with Crippen LogP contribution in [0.15, 0.2) is 0 Å². The van der Waals surface area contributed by atoms with Gasteiger partial charge in [0.05, 0.1) is 0 Å². The van der Waals surface area contributed by atoms with Crippen molar-refractivity contribution >= 4 is 25.4 Å². The molecule has 0 aromatic rings. The summed E-state index contributed by atoms with van der Waals surface area (Å²) < 4.78 is 0. The number of rotatable bonds is 4. The summed E-state index contributed by atoms with van der Waals surface area (Å²) >= 11 is 0. The highest BCUT2D eigenvalue weighted by molar-refractivity contribution is 7.59. The SMILES string of the molecule is CCCC(=O)O.CCCC(=O)O.S. The molecule has 0 unspecified atom stereocenters. The largest absolute Gasteiger partial charge is 0.481 e. The van der Waals surface area contributed by atoms with E-state index in [0.717, 1.165) is 12.8 Å². The zero-order valence-electron chi connectivity index (χ0n) is 8.04. The minimum Gasteiger partial charge on any atom is -0.481 e. The zero-order chi connectivity index (χ0) is 9.98.